The van der Waals surface area contributed by atoms with Gasteiger partial charge in [0.15, 0.2) is 11.5 Å². The maximum absolute atomic E-state index is 11.9. The molecule has 0 spiro atoms. The van der Waals surface area contributed by atoms with Gasteiger partial charge in [0.05, 0.1) is 17.9 Å². The van der Waals surface area contributed by atoms with Crippen LogP contribution in [0.2, 0.25) is 0 Å². The number of oxime groups is 1. The summed E-state index contributed by atoms with van der Waals surface area (Å²) >= 11 is 0. The number of esters is 1. The van der Waals surface area contributed by atoms with Crippen LogP contribution < -0.4 is 0 Å². The first-order valence-electron chi connectivity index (χ1n) is 8.11. The van der Waals surface area contributed by atoms with Crippen molar-refractivity contribution in [3.8, 4) is 17.2 Å². The Kier molecular flexibility index (Phi) is 6.43. The van der Waals surface area contributed by atoms with Crippen molar-refractivity contribution in [2.24, 2.45) is 5.16 Å². The van der Waals surface area contributed by atoms with Crippen LogP contribution in [0, 0.1) is 0 Å². The molecule has 7 heteroatoms. The highest BCUT2D eigenvalue weighted by molar-refractivity contribution is 6.01. The number of hydrogen-bond acceptors (Lipinski definition) is 7. The van der Waals surface area contributed by atoms with E-state index in [0.29, 0.717) is 17.9 Å². The van der Waals surface area contributed by atoms with Crippen molar-refractivity contribution >= 4 is 11.7 Å². The van der Waals surface area contributed by atoms with Gasteiger partial charge in [-0.2, -0.15) is 0 Å². The molecule has 2 aromatic carbocycles. The Morgan fingerprint density at radius 3 is 2.62 bits per heavy atom. The van der Waals surface area contributed by atoms with Crippen molar-refractivity contribution in [3.05, 3.63) is 53.1 Å². The topological polar surface area (TPSA) is 109 Å². The molecule has 0 saturated heterocycles. The molecule has 0 aliphatic carbocycles. The molecule has 26 heavy (non-hydrogen) atoms. The molecule has 0 aliphatic heterocycles. The number of nitrogens with zero attached hydrogens (tertiary/aromatic N) is 1. The third kappa shape index (κ3) is 4.66. The molecular weight excluding hydrogens is 338 g/mol. The fourth-order valence-electron chi connectivity index (χ4n) is 2.18. The summed E-state index contributed by atoms with van der Waals surface area (Å²) in [5.74, 6) is -1.91. The number of phenolic OH excluding ortho intramolecular Hbond substituents is 3. The van der Waals surface area contributed by atoms with Gasteiger partial charge in [-0.3, -0.25) is 0 Å². The van der Waals surface area contributed by atoms with E-state index in [1.54, 1.807) is 31.2 Å². The van der Waals surface area contributed by atoms with Gasteiger partial charge in [-0.1, -0.05) is 24.2 Å². The number of carbonyl (C=O) groups excluding carboxylic acids is 1. The maximum Gasteiger partial charge on any atom is 0.338 e. The van der Waals surface area contributed by atoms with Crippen LogP contribution in [-0.2, 0) is 16.2 Å². The molecule has 0 unspecified atom stereocenters. The highest BCUT2D eigenvalue weighted by Crippen LogP contribution is 2.37. The Morgan fingerprint density at radius 2 is 1.88 bits per heavy atom. The quantitative estimate of drug-likeness (QED) is 0.303. The largest absolute Gasteiger partial charge is 0.504 e. The minimum absolute atomic E-state index is 0.108. The van der Waals surface area contributed by atoms with E-state index < -0.39 is 23.2 Å². The van der Waals surface area contributed by atoms with Crippen LogP contribution in [0.3, 0.4) is 0 Å². The summed E-state index contributed by atoms with van der Waals surface area (Å²) in [6, 6.07) is 9.48. The lowest BCUT2D eigenvalue weighted by Crippen LogP contribution is -2.06. The van der Waals surface area contributed by atoms with E-state index in [9.17, 15) is 20.1 Å². The fraction of sp³-hybridized carbons (Fsp3) is 0.263. The van der Waals surface area contributed by atoms with Crippen LogP contribution in [-0.4, -0.2) is 33.6 Å². The minimum Gasteiger partial charge on any atom is -0.504 e. The summed E-state index contributed by atoms with van der Waals surface area (Å²) in [7, 11) is 0. The van der Waals surface area contributed by atoms with Gasteiger partial charge in [-0.15, -0.1) is 0 Å². The Hall–Kier alpha value is -3.22. The second kappa shape index (κ2) is 8.75. The van der Waals surface area contributed by atoms with Gasteiger partial charge in [0.25, 0.3) is 0 Å². The molecular formula is C19H21NO6. The van der Waals surface area contributed by atoms with Crippen molar-refractivity contribution in [2.75, 3.05) is 6.61 Å². The van der Waals surface area contributed by atoms with Gasteiger partial charge < -0.3 is 24.9 Å². The second-order valence-corrected chi connectivity index (χ2v) is 5.62. The molecule has 0 aromatic heterocycles. The van der Waals surface area contributed by atoms with Crippen molar-refractivity contribution in [1.82, 2.24) is 0 Å². The van der Waals surface area contributed by atoms with Gasteiger partial charge in [0.1, 0.15) is 6.61 Å². The van der Waals surface area contributed by atoms with Crippen molar-refractivity contribution in [1.29, 1.82) is 0 Å². The molecule has 0 heterocycles. The van der Waals surface area contributed by atoms with E-state index in [2.05, 4.69) is 5.16 Å². The smallest absolute Gasteiger partial charge is 0.338 e. The molecule has 2 rings (SSSR count). The van der Waals surface area contributed by atoms with Crippen molar-refractivity contribution in [2.45, 2.75) is 26.9 Å². The maximum atomic E-state index is 11.9. The zero-order valence-electron chi connectivity index (χ0n) is 14.6. The predicted octanol–water partition coefficient (Wildman–Crippen LogP) is 3.31. The lowest BCUT2D eigenvalue weighted by atomic mass is 10.1. The normalized spacial score (nSPS) is 11.2. The van der Waals surface area contributed by atoms with Gasteiger partial charge in [0.2, 0.25) is 5.75 Å². The monoisotopic (exact) mass is 359 g/mol. The number of ether oxygens (including phenoxy) is 1. The van der Waals surface area contributed by atoms with Crippen LogP contribution in [0.4, 0.5) is 0 Å². The summed E-state index contributed by atoms with van der Waals surface area (Å²) < 4.78 is 5.09. The molecule has 0 fully saturated rings. The molecule has 0 bridgehead atoms. The molecule has 0 atom stereocenters. The number of benzene rings is 2. The SMILES string of the molecule is CCCOC(=O)c1cccc(CO/N=C(\C)c2ccc(O)c(O)c2O)c1. The number of carbonyl (C=O) groups is 1. The standard InChI is InChI=1S/C19H21NO6/c1-3-9-25-19(24)14-6-4-5-13(10-14)11-26-20-12(2)15-7-8-16(21)18(23)17(15)22/h4-8,10,21-23H,3,9,11H2,1-2H3/b20-12+. The van der Waals surface area contributed by atoms with Crippen LogP contribution in [0.1, 0.15) is 41.8 Å². The Bertz CT molecular complexity index is 816. The third-order valence-corrected chi connectivity index (χ3v) is 3.55. The number of rotatable bonds is 7. The van der Waals surface area contributed by atoms with Crippen molar-refractivity contribution < 1.29 is 29.7 Å². The second-order valence-electron chi connectivity index (χ2n) is 5.62. The van der Waals surface area contributed by atoms with Gasteiger partial charge in [0, 0.05) is 5.56 Å². The molecule has 0 saturated carbocycles. The van der Waals surface area contributed by atoms with Crippen LogP contribution >= 0.6 is 0 Å². The number of hydrogen-bond donors (Lipinski definition) is 3. The van der Waals surface area contributed by atoms with Crippen molar-refractivity contribution in [3.63, 3.8) is 0 Å². The first-order chi connectivity index (χ1) is 12.4. The summed E-state index contributed by atoms with van der Waals surface area (Å²) in [4.78, 5) is 17.1. The minimum atomic E-state index is -0.615. The fourth-order valence-corrected chi connectivity index (χ4v) is 2.18. The highest BCUT2D eigenvalue weighted by atomic mass is 16.6. The molecule has 0 aliphatic rings. The van der Waals surface area contributed by atoms with E-state index in [1.165, 1.54) is 12.1 Å². The molecule has 0 radical (unpaired) electrons. The molecule has 3 N–H and O–H groups in total. The van der Waals surface area contributed by atoms with E-state index in [0.717, 1.165) is 12.0 Å². The summed E-state index contributed by atoms with van der Waals surface area (Å²) in [6.07, 6.45) is 0.752. The highest BCUT2D eigenvalue weighted by Gasteiger charge is 2.13. The summed E-state index contributed by atoms with van der Waals surface area (Å²) in [5, 5.41) is 32.6. The Morgan fingerprint density at radius 1 is 1.12 bits per heavy atom. The third-order valence-electron chi connectivity index (χ3n) is 3.55. The van der Waals surface area contributed by atoms with Gasteiger partial charge in [-0.25, -0.2) is 4.79 Å². The number of phenols is 3. The number of aromatic hydroxyl groups is 3. The first-order valence-corrected chi connectivity index (χ1v) is 8.11. The zero-order valence-corrected chi connectivity index (χ0v) is 14.6. The van der Waals surface area contributed by atoms with Gasteiger partial charge in [-0.05, 0) is 43.2 Å². The molecule has 2 aromatic rings. The average Bonchev–Trinajstić information content (AvgIpc) is 2.64. The van der Waals surface area contributed by atoms with E-state index in [-0.39, 0.29) is 12.2 Å². The van der Waals surface area contributed by atoms with Crippen LogP contribution in [0.5, 0.6) is 17.2 Å². The lowest BCUT2D eigenvalue weighted by Gasteiger charge is -2.08. The van der Waals surface area contributed by atoms with E-state index >= 15 is 0 Å². The Balaban J connectivity index is 2.04. The predicted molar refractivity (Wildman–Crippen MR) is 95.5 cm³/mol. The summed E-state index contributed by atoms with van der Waals surface area (Å²) in [5.41, 5.74) is 1.71. The molecule has 7 nitrogen and oxygen atoms in total. The summed E-state index contributed by atoms with van der Waals surface area (Å²) in [6.45, 7) is 3.98. The van der Waals surface area contributed by atoms with Crippen LogP contribution in [0.25, 0.3) is 0 Å². The first kappa shape index (κ1) is 19.1. The molecule has 0 amide bonds. The Labute approximate surface area is 151 Å². The van der Waals surface area contributed by atoms with E-state index in [1.807, 2.05) is 6.92 Å². The average molecular weight is 359 g/mol. The molecule has 138 valence electrons. The van der Waals surface area contributed by atoms with Gasteiger partial charge >= 0.3 is 5.97 Å². The van der Waals surface area contributed by atoms with E-state index in [4.69, 9.17) is 9.57 Å². The van der Waals surface area contributed by atoms with Crippen LogP contribution in [0.15, 0.2) is 41.6 Å². The lowest BCUT2D eigenvalue weighted by molar-refractivity contribution is 0.0504. The zero-order chi connectivity index (χ0) is 19.1.